The summed E-state index contributed by atoms with van der Waals surface area (Å²) in [5.41, 5.74) is 1.15. The molecular formula is C10H15O4P. The first-order chi connectivity index (χ1) is 6.94. The lowest BCUT2D eigenvalue weighted by molar-refractivity contribution is 0.243. The van der Waals surface area contributed by atoms with Crippen LogP contribution in [-0.4, -0.2) is 12.0 Å². The summed E-state index contributed by atoms with van der Waals surface area (Å²) in [7, 11) is -2.81. The summed E-state index contributed by atoms with van der Waals surface area (Å²) in [5, 5.41) is 0. The lowest BCUT2D eigenvalue weighted by Gasteiger charge is -2.11. The first kappa shape index (κ1) is 12.2. The van der Waals surface area contributed by atoms with Crippen LogP contribution in [0, 0.1) is 0 Å². The number of hydrogen-bond donors (Lipinski definition) is 1. The summed E-state index contributed by atoms with van der Waals surface area (Å²) in [4.78, 5) is 9.07. The van der Waals surface area contributed by atoms with Gasteiger partial charge in [-0.1, -0.05) is 26.0 Å². The molecule has 0 radical (unpaired) electrons. The largest absolute Gasteiger partial charge is 0.527 e. The first-order valence-electron chi connectivity index (χ1n) is 4.62. The van der Waals surface area contributed by atoms with Crippen LogP contribution < -0.4 is 4.52 Å². The monoisotopic (exact) mass is 230 g/mol. The minimum Gasteiger partial charge on any atom is -0.404 e. The van der Waals surface area contributed by atoms with Gasteiger partial charge in [0.1, 0.15) is 5.75 Å². The van der Waals surface area contributed by atoms with E-state index < -0.39 is 7.82 Å². The van der Waals surface area contributed by atoms with Gasteiger partial charge in [0.25, 0.3) is 0 Å². The molecule has 0 spiro atoms. The molecule has 0 aliphatic heterocycles. The van der Waals surface area contributed by atoms with Gasteiger partial charge in [-0.25, -0.2) is 4.57 Å². The Morgan fingerprint density at radius 3 is 2.20 bits per heavy atom. The van der Waals surface area contributed by atoms with Crippen molar-refractivity contribution in [2.24, 2.45) is 0 Å². The third-order valence-corrected chi connectivity index (χ3v) is 2.90. The molecule has 1 aromatic carbocycles. The fourth-order valence-electron chi connectivity index (χ4n) is 1.08. The SMILES string of the molecule is COP(=O)(O)Oc1ccc(C(C)C)cc1. The Balaban J connectivity index is 2.77. The highest BCUT2D eigenvalue weighted by molar-refractivity contribution is 7.47. The fraction of sp³-hybridized carbons (Fsp3) is 0.400. The zero-order valence-electron chi connectivity index (χ0n) is 9.01. The molecule has 0 fully saturated rings. The number of phosphoric ester groups is 1. The lowest BCUT2D eigenvalue weighted by atomic mass is 10.0. The first-order valence-corrected chi connectivity index (χ1v) is 6.12. The summed E-state index contributed by atoms with van der Waals surface area (Å²) in [6.07, 6.45) is 0. The van der Waals surface area contributed by atoms with Gasteiger partial charge in [0.15, 0.2) is 0 Å². The molecule has 0 saturated heterocycles. The molecule has 4 nitrogen and oxygen atoms in total. The van der Waals surface area contributed by atoms with Crippen molar-refractivity contribution >= 4 is 7.82 Å². The molecule has 1 atom stereocenters. The molecule has 84 valence electrons. The van der Waals surface area contributed by atoms with Gasteiger partial charge in [-0.05, 0) is 23.6 Å². The minimum atomic E-state index is -3.93. The molecule has 0 aromatic heterocycles. The Kier molecular flexibility index (Phi) is 3.91. The molecule has 0 bridgehead atoms. The van der Waals surface area contributed by atoms with E-state index in [0.29, 0.717) is 11.7 Å². The van der Waals surface area contributed by atoms with E-state index in [1.54, 1.807) is 12.1 Å². The average Bonchev–Trinajstić information content (AvgIpc) is 2.18. The molecule has 0 amide bonds. The van der Waals surface area contributed by atoms with Gasteiger partial charge >= 0.3 is 7.82 Å². The Bertz CT molecular complexity index is 358. The van der Waals surface area contributed by atoms with Crippen LogP contribution in [0.15, 0.2) is 24.3 Å². The third kappa shape index (κ3) is 3.67. The van der Waals surface area contributed by atoms with Crippen molar-refractivity contribution in [1.29, 1.82) is 0 Å². The normalized spacial score (nSPS) is 15.0. The van der Waals surface area contributed by atoms with E-state index in [2.05, 4.69) is 18.4 Å². The van der Waals surface area contributed by atoms with Crippen molar-refractivity contribution in [2.75, 3.05) is 7.11 Å². The molecule has 0 aliphatic rings. The third-order valence-electron chi connectivity index (χ3n) is 2.00. The van der Waals surface area contributed by atoms with Gasteiger partial charge < -0.3 is 4.52 Å². The fourth-order valence-corrected chi connectivity index (χ4v) is 1.55. The van der Waals surface area contributed by atoms with Crippen molar-refractivity contribution in [1.82, 2.24) is 0 Å². The highest BCUT2D eigenvalue weighted by atomic mass is 31.2. The van der Waals surface area contributed by atoms with Crippen molar-refractivity contribution < 1.29 is 18.5 Å². The number of phosphoric acid groups is 1. The molecule has 1 unspecified atom stereocenters. The Morgan fingerprint density at radius 1 is 1.27 bits per heavy atom. The second-order valence-corrected chi connectivity index (χ2v) is 4.95. The molecule has 0 aliphatic carbocycles. The van der Waals surface area contributed by atoms with Gasteiger partial charge in [0.05, 0.1) is 0 Å². The Hall–Kier alpha value is -0.830. The zero-order valence-corrected chi connectivity index (χ0v) is 9.90. The summed E-state index contributed by atoms with van der Waals surface area (Å²) in [6, 6.07) is 7.01. The molecule has 0 saturated carbocycles. The van der Waals surface area contributed by atoms with Crippen molar-refractivity contribution in [3.63, 3.8) is 0 Å². The second-order valence-electron chi connectivity index (χ2n) is 3.47. The quantitative estimate of drug-likeness (QED) is 0.808. The zero-order chi connectivity index (χ0) is 11.5. The van der Waals surface area contributed by atoms with Gasteiger partial charge in [0, 0.05) is 7.11 Å². The van der Waals surface area contributed by atoms with Crippen LogP contribution >= 0.6 is 7.82 Å². The van der Waals surface area contributed by atoms with Crippen molar-refractivity contribution in [2.45, 2.75) is 19.8 Å². The molecule has 15 heavy (non-hydrogen) atoms. The van der Waals surface area contributed by atoms with Crippen LogP contribution in [0.4, 0.5) is 0 Å². The summed E-state index contributed by atoms with van der Waals surface area (Å²) >= 11 is 0. The molecule has 1 rings (SSSR count). The highest BCUT2D eigenvalue weighted by Crippen LogP contribution is 2.42. The molecule has 1 N–H and O–H groups in total. The van der Waals surface area contributed by atoms with E-state index in [1.807, 2.05) is 12.1 Å². The Labute approximate surface area is 89.5 Å². The maximum Gasteiger partial charge on any atom is 0.527 e. The van der Waals surface area contributed by atoms with Crippen LogP contribution in [0.1, 0.15) is 25.3 Å². The van der Waals surface area contributed by atoms with Crippen molar-refractivity contribution in [3.8, 4) is 5.75 Å². The van der Waals surface area contributed by atoms with Gasteiger partial charge in [-0.15, -0.1) is 0 Å². The van der Waals surface area contributed by atoms with E-state index in [-0.39, 0.29) is 0 Å². The molecular weight excluding hydrogens is 215 g/mol. The van der Waals surface area contributed by atoms with Crippen LogP contribution in [0.5, 0.6) is 5.75 Å². The predicted octanol–water partition coefficient (Wildman–Crippen LogP) is 2.94. The van der Waals surface area contributed by atoms with Gasteiger partial charge in [0.2, 0.25) is 0 Å². The number of hydrogen-bond acceptors (Lipinski definition) is 3. The minimum absolute atomic E-state index is 0.326. The van der Waals surface area contributed by atoms with E-state index in [0.717, 1.165) is 12.7 Å². The van der Waals surface area contributed by atoms with Gasteiger partial charge in [-0.3, -0.25) is 9.42 Å². The molecule has 1 aromatic rings. The van der Waals surface area contributed by atoms with Crippen LogP contribution in [0.25, 0.3) is 0 Å². The second kappa shape index (κ2) is 4.79. The molecule has 5 heteroatoms. The van der Waals surface area contributed by atoms with Crippen LogP contribution in [-0.2, 0) is 9.09 Å². The van der Waals surface area contributed by atoms with Crippen LogP contribution in [0.2, 0.25) is 0 Å². The van der Waals surface area contributed by atoms with Gasteiger partial charge in [-0.2, -0.15) is 0 Å². The maximum absolute atomic E-state index is 11.1. The standard InChI is InChI=1S/C10H15O4P/c1-8(2)9-4-6-10(7-5-9)14-15(11,12)13-3/h4-8H,1-3H3,(H,11,12). The topological polar surface area (TPSA) is 55.8 Å². The average molecular weight is 230 g/mol. The van der Waals surface area contributed by atoms with E-state index in [9.17, 15) is 4.57 Å². The number of rotatable bonds is 4. The highest BCUT2D eigenvalue weighted by Gasteiger charge is 2.19. The smallest absolute Gasteiger partial charge is 0.404 e. The summed E-state index contributed by atoms with van der Waals surface area (Å²) < 4.78 is 20.2. The summed E-state index contributed by atoms with van der Waals surface area (Å²) in [6.45, 7) is 4.14. The van der Waals surface area contributed by atoms with E-state index in [1.165, 1.54) is 0 Å². The predicted molar refractivity (Wildman–Crippen MR) is 58.0 cm³/mol. The maximum atomic E-state index is 11.1. The van der Waals surface area contributed by atoms with Crippen molar-refractivity contribution in [3.05, 3.63) is 29.8 Å². The van der Waals surface area contributed by atoms with Crippen LogP contribution in [0.3, 0.4) is 0 Å². The Morgan fingerprint density at radius 2 is 1.80 bits per heavy atom. The lowest BCUT2D eigenvalue weighted by Crippen LogP contribution is -1.94. The van der Waals surface area contributed by atoms with E-state index >= 15 is 0 Å². The number of benzene rings is 1. The molecule has 0 heterocycles. The summed E-state index contributed by atoms with van der Waals surface area (Å²) in [5.74, 6) is 0.745. The van der Waals surface area contributed by atoms with E-state index in [4.69, 9.17) is 9.42 Å².